The van der Waals surface area contributed by atoms with E-state index >= 15 is 0 Å². The van der Waals surface area contributed by atoms with Crippen LogP contribution in [0, 0.1) is 0 Å². The van der Waals surface area contributed by atoms with Crippen molar-refractivity contribution < 1.29 is 14.1 Å². The molecule has 0 radical (unpaired) electrons. The first-order chi connectivity index (χ1) is 5.72. The molecular formula is C8H11N2O2+. The number of nitrogens with zero attached hydrogens (tertiary/aromatic N) is 2. The third-order valence-corrected chi connectivity index (χ3v) is 1.37. The van der Waals surface area contributed by atoms with E-state index in [-0.39, 0.29) is 5.97 Å². The molecule has 0 bridgehead atoms. The van der Waals surface area contributed by atoms with E-state index in [1.165, 1.54) is 13.2 Å². The molecule has 0 aliphatic rings. The lowest BCUT2D eigenvalue weighted by molar-refractivity contribution is -0.670. The van der Waals surface area contributed by atoms with Gasteiger partial charge >= 0.3 is 5.97 Å². The van der Waals surface area contributed by atoms with Gasteiger partial charge in [0.25, 0.3) is 0 Å². The van der Waals surface area contributed by atoms with Crippen LogP contribution < -0.4 is 4.57 Å². The van der Waals surface area contributed by atoms with E-state index < -0.39 is 0 Å². The van der Waals surface area contributed by atoms with Gasteiger partial charge in [-0.25, -0.2) is 13.9 Å². The second kappa shape index (κ2) is 3.71. The van der Waals surface area contributed by atoms with E-state index in [4.69, 9.17) is 0 Å². The van der Waals surface area contributed by atoms with Crippen molar-refractivity contribution in [1.82, 2.24) is 4.57 Å². The van der Waals surface area contributed by atoms with Crippen LogP contribution in [0.25, 0.3) is 6.20 Å². The fourth-order valence-corrected chi connectivity index (χ4v) is 0.773. The van der Waals surface area contributed by atoms with E-state index in [1.54, 1.807) is 10.8 Å². The summed E-state index contributed by atoms with van der Waals surface area (Å²) in [5.41, 5.74) is 0. The quantitative estimate of drug-likeness (QED) is 0.352. The van der Waals surface area contributed by atoms with Gasteiger partial charge in [0.1, 0.15) is 18.6 Å². The standard InChI is InChI=1S/C8H11N2O2/c1-9-5-6-10(7-9)4-3-8(11)12-2/h3-7H,1-2H3/q+1/b4-3+. The van der Waals surface area contributed by atoms with Crippen LogP contribution in [0.2, 0.25) is 0 Å². The minimum absolute atomic E-state index is 0.355. The normalized spacial score (nSPS) is 10.5. The number of aromatic nitrogens is 2. The fourth-order valence-electron chi connectivity index (χ4n) is 0.773. The van der Waals surface area contributed by atoms with Gasteiger partial charge in [0.05, 0.1) is 20.2 Å². The fraction of sp³-hybridized carbons (Fsp3) is 0.250. The number of ether oxygens (including phenoxy) is 1. The Kier molecular flexibility index (Phi) is 2.63. The van der Waals surface area contributed by atoms with Gasteiger partial charge < -0.3 is 4.74 Å². The molecule has 1 rings (SSSR count). The van der Waals surface area contributed by atoms with Crippen molar-refractivity contribution in [3.05, 3.63) is 24.8 Å². The third kappa shape index (κ3) is 2.23. The smallest absolute Gasteiger partial charge is 0.334 e. The molecule has 1 aromatic rings. The molecule has 0 aliphatic carbocycles. The highest BCUT2D eigenvalue weighted by molar-refractivity contribution is 5.84. The highest BCUT2D eigenvalue weighted by Crippen LogP contribution is 1.86. The predicted molar refractivity (Wildman–Crippen MR) is 43.0 cm³/mol. The molecule has 0 atom stereocenters. The third-order valence-electron chi connectivity index (χ3n) is 1.37. The number of hydrogen-bond acceptors (Lipinski definition) is 2. The van der Waals surface area contributed by atoms with E-state index in [0.29, 0.717) is 0 Å². The number of carbonyl (C=O) groups excluding carboxylic acids is 1. The first-order valence-electron chi connectivity index (χ1n) is 3.51. The zero-order chi connectivity index (χ0) is 8.97. The number of esters is 1. The minimum atomic E-state index is -0.355. The first kappa shape index (κ1) is 8.52. The largest absolute Gasteiger partial charge is 0.466 e. The number of hydrogen-bond donors (Lipinski definition) is 0. The molecular weight excluding hydrogens is 156 g/mol. The lowest BCUT2D eigenvalue weighted by Gasteiger charge is -1.86. The van der Waals surface area contributed by atoms with E-state index in [0.717, 1.165) is 0 Å². The second-order valence-corrected chi connectivity index (χ2v) is 2.37. The lowest BCUT2D eigenvalue weighted by Crippen LogP contribution is -2.23. The molecule has 0 spiro atoms. The summed E-state index contributed by atoms with van der Waals surface area (Å²) in [4.78, 5) is 10.7. The van der Waals surface area contributed by atoms with Crippen molar-refractivity contribution in [3.63, 3.8) is 0 Å². The van der Waals surface area contributed by atoms with Gasteiger partial charge in [-0.15, -0.1) is 0 Å². The Labute approximate surface area is 70.7 Å². The molecule has 12 heavy (non-hydrogen) atoms. The molecule has 1 aromatic heterocycles. The second-order valence-electron chi connectivity index (χ2n) is 2.37. The maximum absolute atomic E-state index is 10.7. The average Bonchev–Trinajstić information content (AvgIpc) is 2.47. The van der Waals surface area contributed by atoms with Crippen LogP contribution in [0.15, 0.2) is 24.8 Å². The molecule has 0 amide bonds. The molecule has 0 aliphatic heterocycles. The number of aryl methyl sites for hydroxylation is 1. The molecule has 0 fully saturated rings. The van der Waals surface area contributed by atoms with Crippen molar-refractivity contribution in [2.45, 2.75) is 0 Å². The van der Waals surface area contributed by atoms with Gasteiger partial charge in [-0.1, -0.05) is 0 Å². The molecule has 0 unspecified atom stereocenters. The Bertz CT molecular complexity index is 302. The maximum Gasteiger partial charge on any atom is 0.334 e. The highest BCUT2D eigenvalue weighted by atomic mass is 16.5. The summed E-state index contributed by atoms with van der Waals surface area (Å²) in [5, 5.41) is 0. The number of imidazole rings is 1. The van der Waals surface area contributed by atoms with Gasteiger partial charge in [0, 0.05) is 0 Å². The lowest BCUT2D eigenvalue weighted by atomic mass is 10.6. The van der Waals surface area contributed by atoms with Crippen molar-refractivity contribution in [3.8, 4) is 0 Å². The van der Waals surface area contributed by atoms with E-state index in [2.05, 4.69) is 4.74 Å². The predicted octanol–water partition coefficient (Wildman–Crippen LogP) is -0.0437. The molecule has 0 saturated heterocycles. The zero-order valence-corrected chi connectivity index (χ0v) is 7.10. The molecule has 0 aromatic carbocycles. The Morgan fingerprint density at radius 1 is 1.67 bits per heavy atom. The summed E-state index contributed by atoms with van der Waals surface area (Å²) in [5.74, 6) is -0.355. The molecule has 64 valence electrons. The van der Waals surface area contributed by atoms with Gasteiger partial charge in [0.15, 0.2) is 0 Å². The van der Waals surface area contributed by atoms with Crippen molar-refractivity contribution in [2.24, 2.45) is 7.05 Å². The van der Waals surface area contributed by atoms with Crippen LogP contribution in [0.1, 0.15) is 0 Å². The Balaban J connectivity index is 2.63. The first-order valence-corrected chi connectivity index (χ1v) is 3.51. The number of carbonyl (C=O) groups is 1. The van der Waals surface area contributed by atoms with Crippen molar-refractivity contribution in [1.29, 1.82) is 0 Å². The number of rotatable bonds is 2. The van der Waals surface area contributed by atoms with Crippen LogP contribution in [-0.4, -0.2) is 17.6 Å². The van der Waals surface area contributed by atoms with Gasteiger partial charge in [-0.3, -0.25) is 0 Å². The molecule has 0 N–H and O–H groups in total. The Morgan fingerprint density at radius 3 is 2.92 bits per heavy atom. The Morgan fingerprint density at radius 2 is 2.42 bits per heavy atom. The summed E-state index contributed by atoms with van der Waals surface area (Å²) in [6, 6.07) is 0. The summed E-state index contributed by atoms with van der Waals surface area (Å²) in [6.45, 7) is 0. The van der Waals surface area contributed by atoms with Crippen molar-refractivity contribution >= 4 is 12.2 Å². The average molecular weight is 167 g/mol. The minimum Gasteiger partial charge on any atom is -0.466 e. The topological polar surface area (TPSA) is 35.1 Å². The van der Waals surface area contributed by atoms with E-state index in [9.17, 15) is 4.79 Å². The summed E-state index contributed by atoms with van der Waals surface area (Å²) < 4.78 is 8.07. The van der Waals surface area contributed by atoms with Crippen LogP contribution in [0.4, 0.5) is 0 Å². The van der Waals surface area contributed by atoms with Gasteiger partial charge in [-0.2, -0.15) is 0 Å². The van der Waals surface area contributed by atoms with E-state index in [1.807, 2.05) is 30.3 Å². The van der Waals surface area contributed by atoms with Crippen LogP contribution in [-0.2, 0) is 16.6 Å². The molecule has 1 heterocycles. The van der Waals surface area contributed by atoms with Crippen LogP contribution >= 0.6 is 0 Å². The summed E-state index contributed by atoms with van der Waals surface area (Å²) >= 11 is 0. The number of methoxy groups -OCH3 is 1. The highest BCUT2D eigenvalue weighted by Gasteiger charge is 1.96. The molecule has 4 heteroatoms. The summed E-state index contributed by atoms with van der Waals surface area (Å²) in [7, 11) is 3.25. The zero-order valence-electron chi connectivity index (χ0n) is 7.10. The maximum atomic E-state index is 10.7. The molecule has 0 saturated carbocycles. The Hall–Kier alpha value is -1.58. The van der Waals surface area contributed by atoms with Gasteiger partial charge in [0.2, 0.25) is 6.33 Å². The monoisotopic (exact) mass is 167 g/mol. The van der Waals surface area contributed by atoms with Crippen molar-refractivity contribution in [2.75, 3.05) is 7.11 Å². The van der Waals surface area contributed by atoms with Crippen LogP contribution in [0.3, 0.4) is 0 Å². The van der Waals surface area contributed by atoms with Crippen LogP contribution in [0.5, 0.6) is 0 Å². The SMILES string of the molecule is COC(=O)/C=C/n1cc[n+](C)c1. The van der Waals surface area contributed by atoms with Gasteiger partial charge in [-0.05, 0) is 0 Å². The summed E-state index contributed by atoms with van der Waals surface area (Å²) in [6.07, 6.45) is 8.53. The molecule has 4 nitrogen and oxygen atoms in total.